The van der Waals surface area contributed by atoms with Gasteiger partial charge in [0.1, 0.15) is 5.78 Å². The van der Waals surface area contributed by atoms with Crippen molar-refractivity contribution >= 4 is 5.78 Å². The number of carbonyl (C=O) groups excluding carboxylic acids is 1. The molecule has 6 atom stereocenters. The highest BCUT2D eigenvalue weighted by atomic mass is 16.3. The first-order valence-electron chi connectivity index (χ1n) is 10.2. The lowest BCUT2D eigenvalue weighted by Crippen LogP contribution is -2.40. The number of aliphatic hydroxyl groups excluding tert-OH is 1. The third-order valence-corrected chi connectivity index (χ3v) is 7.83. The molecule has 3 aliphatic carbocycles. The summed E-state index contributed by atoms with van der Waals surface area (Å²) >= 11 is 0. The molecule has 1 N–H and O–H groups in total. The minimum absolute atomic E-state index is 0.0636. The monoisotopic (exact) mass is 332 g/mol. The molecule has 2 bridgehead atoms. The molecule has 3 rings (SSSR count). The number of hydrogen-bond donors (Lipinski definition) is 1. The number of ketones is 1. The molecule has 3 aliphatic rings. The van der Waals surface area contributed by atoms with Gasteiger partial charge in [-0.2, -0.15) is 0 Å². The molecule has 24 heavy (non-hydrogen) atoms. The lowest BCUT2D eigenvalue weighted by Gasteiger charge is -2.43. The van der Waals surface area contributed by atoms with E-state index < -0.39 is 0 Å². The van der Waals surface area contributed by atoms with Crippen LogP contribution >= 0.6 is 0 Å². The highest BCUT2D eigenvalue weighted by molar-refractivity contribution is 5.82. The third-order valence-electron chi connectivity index (χ3n) is 7.83. The summed E-state index contributed by atoms with van der Waals surface area (Å²) < 4.78 is 0. The van der Waals surface area contributed by atoms with Crippen molar-refractivity contribution < 1.29 is 9.90 Å². The van der Waals surface area contributed by atoms with Crippen molar-refractivity contribution in [1.82, 2.24) is 0 Å². The first-order chi connectivity index (χ1) is 11.4. The van der Waals surface area contributed by atoms with Crippen molar-refractivity contribution in [2.24, 2.45) is 29.1 Å². The Bertz CT molecular complexity index is 494. The summed E-state index contributed by atoms with van der Waals surface area (Å²) in [4.78, 5) is 12.3. The summed E-state index contributed by atoms with van der Waals surface area (Å²) in [6.45, 7) is 6.24. The number of fused-ring (bicyclic) bond motifs is 4. The van der Waals surface area contributed by atoms with Crippen molar-refractivity contribution in [3.8, 4) is 0 Å². The second kappa shape index (κ2) is 7.32. The lowest BCUT2D eigenvalue weighted by atomic mass is 9.60. The molecule has 0 heterocycles. The Morgan fingerprint density at radius 3 is 2.71 bits per heavy atom. The van der Waals surface area contributed by atoms with Gasteiger partial charge in [0.15, 0.2) is 0 Å². The topological polar surface area (TPSA) is 37.3 Å². The standard InChI is InChI=1S/C22H36O2/c1-15-7-10-21-17(5-4-6-20(24)13-15)8-9-19-14-18(21)11-12-22(19,3)16(2)23/h7,17-21,24H,4-6,8-14H2,1-3H3/b15-7+. The van der Waals surface area contributed by atoms with Gasteiger partial charge in [-0.15, -0.1) is 0 Å². The van der Waals surface area contributed by atoms with Crippen molar-refractivity contribution in [3.05, 3.63) is 11.6 Å². The summed E-state index contributed by atoms with van der Waals surface area (Å²) in [7, 11) is 0. The maximum atomic E-state index is 12.3. The number of carbonyl (C=O) groups is 1. The third kappa shape index (κ3) is 3.64. The fraction of sp³-hybridized carbons (Fsp3) is 0.864. The maximum Gasteiger partial charge on any atom is 0.135 e. The van der Waals surface area contributed by atoms with E-state index in [1.54, 1.807) is 0 Å². The Morgan fingerprint density at radius 1 is 1.17 bits per heavy atom. The van der Waals surface area contributed by atoms with E-state index in [-0.39, 0.29) is 11.5 Å². The smallest absolute Gasteiger partial charge is 0.135 e. The van der Waals surface area contributed by atoms with Gasteiger partial charge >= 0.3 is 0 Å². The van der Waals surface area contributed by atoms with Gasteiger partial charge in [-0.25, -0.2) is 0 Å². The van der Waals surface area contributed by atoms with E-state index >= 15 is 0 Å². The summed E-state index contributed by atoms with van der Waals surface area (Å²) in [5.74, 6) is 3.42. The normalized spacial score (nSPS) is 46.2. The Labute approximate surface area is 148 Å². The fourth-order valence-corrected chi connectivity index (χ4v) is 5.99. The highest BCUT2D eigenvalue weighted by Gasteiger charge is 2.47. The largest absolute Gasteiger partial charge is 0.393 e. The summed E-state index contributed by atoms with van der Waals surface area (Å²) in [5, 5.41) is 10.2. The van der Waals surface area contributed by atoms with E-state index in [0.29, 0.717) is 11.7 Å². The van der Waals surface area contributed by atoms with Gasteiger partial charge in [-0.3, -0.25) is 4.79 Å². The fourth-order valence-electron chi connectivity index (χ4n) is 5.99. The van der Waals surface area contributed by atoms with Crippen molar-refractivity contribution in [2.75, 3.05) is 0 Å². The summed E-state index contributed by atoms with van der Waals surface area (Å²) in [6, 6.07) is 0. The molecule has 136 valence electrons. The molecule has 0 radical (unpaired) electrons. The van der Waals surface area contributed by atoms with Crippen LogP contribution in [0.4, 0.5) is 0 Å². The molecule has 0 saturated heterocycles. The van der Waals surface area contributed by atoms with E-state index in [0.717, 1.165) is 43.4 Å². The predicted octanol–water partition coefficient (Wildman–Crippen LogP) is 5.30. The first kappa shape index (κ1) is 18.2. The van der Waals surface area contributed by atoms with Gasteiger partial charge in [0.05, 0.1) is 6.10 Å². The molecule has 0 amide bonds. The first-order valence-corrected chi connectivity index (χ1v) is 10.2. The van der Waals surface area contributed by atoms with Gasteiger partial charge < -0.3 is 5.11 Å². The van der Waals surface area contributed by atoms with Gasteiger partial charge in [0.25, 0.3) is 0 Å². The van der Waals surface area contributed by atoms with E-state index in [2.05, 4.69) is 19.9 Å². The molecule has 2 nitrogen and oxygen atoms in total. The van der Waals surface area contributed by atoms with E-state index in [1.807, 2.05) is 6.92 Å². The Balaban J connectivity index is 1.81. The van der Waals surface area contributed by atoms with Crippen LogP contribution in [0.3, 0.4) is 0 Å². The van der Waals surface area contributed by atoms with Crippen LogP contribution in [0.2, 0.25) is 0 Å². The highest BCUT2D eigenvalue weighted by Crippen LogP contribution is 2.54. The van der Waals surface area contributed by atoms with Crippen LogP contribution in [0.15, 0.2) is 11.6 Å². The number of Topliss-reactive ketones (excluding diaryl/α,β-unsaturated/α-hetero) is 1. The van der Waals surface area contributed by atoms with Gasteiger partial charge in [-0.1, -0.05) is 31.4 Å². The predicted molar refractivity (Wildman–Crippen MR) is 98.7 cm³/mol. The van der Waals surface area contributed by atoms with Crippen molar-refractivity contribution in [3.63, 3.8) is 0 Å². The average Bonchev–Trinajstić information content (AvgIpc) is 2.67. The van der Waals surface area contributed by atoms with Crippen LogP contribution in [0.25, 0.3) is 0 Å². The number of hydrogen-bond acceptors (Lipinski definition) is 2. The zero-order valence-corrected chi connectivity index (χ0v) is 15.9. The molecule has 0 aliphatic heterocycles. The van der Waals surface area contributed by atoms with Crippen LogP contribution in [0.1, 0.15) is 85.0 Å². The summed E-state index contributed by atoms with van der Waals surface area (Å²) in [5.41, 5.74) is 1.31. The minimum Gasteiger partial charge on any atom is -0.393 e. The van der Waals surface area contributed by atoms with E-state index in [9.17, 15) is 9.90 Å². The molecular weight excluding hydrogens is 296 g/mol. The van der Waals surface area contributed by atoms with Crippen molar-refractivity contribution in [2.45, 2.75) is 91.1 Å². The maximum absolute atomic E-state index is 12.3. The lowest BCUT2D eigenvalue weighted by molar-refractivity contribution is -0.131. The summed E-state index contributed by atoms with van der Waals surface area (Å²) in [6.07, 6.45) is 13.8. The number of rotatable bonds is 1. The van der Waals surface area contributed by atoms with Crippen LogP contribution < -0.4 is 0 Å². The molecule has 2 fully saturated rings. The van der Waals surface area contributed by atoms with E-state index in [1.165, 1.54) is 44.1 Å². The molecule has 0 aromatic carbocycles. The Hall–Kier alpha value is -0.630. The molecule has 2 heteroatoms. The second-order valence-electron chi connectivity index (χ2n) is 9.28. The number of allylic oxidation sites excluding steroid dienone is 1. The second-order valence-corrected chi connectivity index (χ2v) is 9.28. The van der Waals surface area contributed by atoms with E-state index in [4.69, 9.17) is 0 Å². The zero-order chi connectivity index (χ0) is 17.3. The number of aliphatic hydroxyl groups is 1. The minimum atomic E-state index is -0.149. The van der Waals surface area contributed by atoms with Crippen LogP contribution in [0, 0.1) is 29.1 Å². The Kier molecular flexibility index (Phi) is 5.54. The zero-order valence-electron chi connectivity index (χ0n) is 15.9. The average molecular weight is 333 g/mol. The molecule has 6 unspecified atom stereocenters. The van der Waals surface area contributed by atoms with Crippen LogP contribution in [-0.2, 0) is 4.79 Å². The molecule has 0 aromatic rings. The van der Waals surface area contributed by atoms with Gasteiger partial charge in [0, 0.05) is 5.41 Å². The SMILES string of the molecule is CC(=O)C1(C)CCC2CC1CCC1CCCC(O)C/C(C)=C/CC12. The van der Waals surface area contributed by atoms with Crippen LogP contribution in [-0.4, -0.2) is 17.0 Å². The molecular formula is C22H36O2. The molecule has 0 spiro atoms. The molecule has 2 saturated carbocycles. The quantitative estimate of drug-likeness (QED) is 0.662. The van der Waals surface area contributed by atoms with Crippen LogP contribution in [0.5, 0.6) is 0 Å². The molecule has 0 aromatic heterocycles. The van der Waals surface area contributed by atoms with Crippen molar-refractivity contribution in [1.29, 1.82) is 0 Å². The van der Waals surface area contributed by atoms with Gasteiger partial charge in [0.2, 0.25) is 0 Å². The van der Waals surface area contributed by atoms with Gasteiger partial charge in [-0.05, 0) is 88.9 Å². The Morgan fingerprint density at radius 2 is 1.96 bits per heavy atom.